The van der Waals surface area contributed by atoms with Crippen molar-refractivity contribution in [2.24, 2.45) is 14.1 Å². The first kappa shape index (κ1) is 31.9. The number of fused-ring (bicyclic) bond motifs is 8. The molecule has 0 spiro atoms. The molecule has 48 heavy (non-hydrogen) atoms. The van der Waals surface area contributed by atoms with Gasteiger partial charge in [-0.1, -0.05) is 29.8 Å². The molecule has 0 amide bonds. The number of nitrogens with zero attached hydrogens (tertiary/aromatic N) is 5. The van der Waals surface area contributed by atoms with E-state index in [1.807, 2.05) is 72.2 Å². The number of methoxy groups -OCH3 is 1. The Balaban J connectivity index is 1.37. The molecule has 6 aromatic rings. The van der Waals surface area contributed by atoms with Gasteiger partial charge in [-0.15, -0.1) is 0 Å². The number of carbonyl (C=O) groups excluding carboxylic acids is 1. The number of carbonyl (C=O) groups is 1. The van der Waals surface area contributed by atoms with E-state index in [2.05, 4.69) is 11.4 Å². The molecule has 1 aliphatic rings. The van der Waals surface area contributed by atoms with Crippen molar-refractivity contribution in [2.75, 3.05) is 13.7 Å². The molecule has 0 saturated heterocycles. The number of esters is 1. The SMILES string of the molecule is COC(=O)c1c(C)c2c3c(Cl)ccc2n1CCCOc1cc(cc2cccc(F)c12)CCc1cc(nn1C)CNCc1nn(C)c(C)c1-3. The fourth-order valence-electron chi connectivity index (χ4n) is 7.11. The Morgan fingerprint density at radius 1 is 1.00 bits per heavy atom. The zero-order valence-corrected chi connectivity index (χ0v) is 28.5. The molecule has 9 nitrogen and oxygen atoms in total. The van der Waals surface area contributed by atoms with Crippen LogP contribution in [0.15, 0.2) is 48.5 Å². The number of rotatable bonds is 1. The van der Waals surface area contributed by atoms with Crippen LogP contribution in [0.3, 0.4) is 0 Å². The first-order chi connectivity index (χ1) is 23.2. The van der Waals surface area contributed by atoms with Gasteiger partial charge in [0, 0.05) is 72.2 Å². The largest absolute Gasteiger partial charge is 0.493 e. The molecule has 1 aliphatic heterocycles. The molecule has 0 fully saturated rings. The third kappa shape index (κ3) is 5.52. The highest BCUT2D eigenvalue weighted by atomic mass is 35.5. The number of nitrogens with one attached hydrogen (secondary N) is 1. The number of ether oxygens (including phenoxy) is 2. The minimum absolute atomic E-state index is 0.315. The molecule has 8 bridgehead atoms. The van der Waals surface area contributed by atoms with Crippen LogP contribution in [0, 0.1) is 19.7 Å². The second kappa shape index (κ2) is 12.7. The third-order valence-corrected chi connectivity index (χ3v) is 9.80. The van der Waals surface area contributed by atoms with Gasteiger partial charge in [-0.3, -0.25) is 9.36 Å². The van der Waals surface area contributed by atoms with Gasteiger partial charge in [0.05, 0.1) is 30.5 Å². The quantitative estimate of drug-likeness (QED) is 0.190. The predicted molar refractivity (Wildman–Crippen MR) is 185 cm³/mol. The van der Waals surface area contributed by atoms with Crippen molar-refractivity contribution in [1.82, 2.24) is 29.4 Å². The number of halogens is 2. The van der Waals surface area contributed by atoms with Gasteiger partial charge in [-0.05, 0) is 80.0 Å². The second-order valence-corrected chi connectivity index (χ2v) is 12.9. The van der Waals surface area contributed by atoms with Crippen LogP contribution in [0.2, 0.25) is 5.02 Å². The first-order valence-corrected chi connectivity index (χ1v) is 16.5. The highest BCUT2D eigenvalue weighted by Crippen LogP contribution is 2.42. The van der Waals surface area contributed by atoms with Crippen molar-refractivity contribution < 1.29 is 18.7 Å². The first-order valence-electron chi connectivity index (χ1n) is 16.1. The molecule has 4 heterocycles. The summed E-state index contributed by atoms with van der Waals surface area (Å²) in [6.45, 7) is 5.79. The number of hydrogen-bond donors (Lipinski definition) is 1. The smallest absolute Gasteiger partial charge is 0.354 e. The summed E-state index contributed by atoms with van der Waals surface area (Å²) in [5, 5.41) is 15.9. The zero-order valence-electron chi connectivity index (χ0n) is 27.8. The number of hydrogen-bond acceptors (Lipinski definition) is 6. The van der Waals surface area contributed by atoms with Crippen LogP contribution in [0.4, 0.5) is 4.39 Å². The van der Waals surface area contributed by atoms with Crippen LogP contribution >= 0.6 is 11.6 Å². The number of benzene rings is 3. The Hall–Kier alpha value is -4.67. The number of aryl methyl sites for hydroxylation is 6. The number of aromatic nitrogens is 5. The van der Waals surface area contributed by atoms with E-state index >= 15 is 4.39 Å². The molecular weight excluding hydrogens is 631 g/mol. The van der Waals surface area contributed by atoms with Gasteiger partial charge in [-0.25, -0.2) is 9.18 Å². The van der Waals surface area contributed by atoms with E-state index in [4.69, 9.17) is 31.3 Å². The van der Waals surface area contributed by atoms with Crippen molar-refractivity contribution in [3.8, 4) is 16.9 Å². The molecule has 0 unspecified atom stereocenters. The van der Waals surface area contributed by atoms with Crippen molar-refractivity contribution in [3.05, 3.63) is 99.0 Å². The maximum Gasteiger partial charge on any atom is 0.354 e. The van der Waals surface area contributed by atoms with Crippen molar-refractivity contribution >= 4 is 39.2 Å². The molecular formula is C37H38ClFN6O3. The molecule has 248 valence electrons. The van der Waals surface area contributed by atoms with E-state index < -0.39 is 5.97 Å². The van der Waals surface area contributed by atoms with Crippen molar-refractivity contribution in [2.45, 2.75) is 52.7 Å². The zero-order chi connectivity index (χ0) is 33.7. The lowest BCUT2D eigenvalue weighted by atomic mass is 9.96. The maximum atomic E-state index is 15.2. The van der Waals surface area contributed by atoms with Gasteiger partial charge in [0.15, 0.2) is 0 Å². The summed E-state index contributed by atoms with van der Waals surface area (Å²) in [6.07, 6.45) is 2.07. The van der Waals surface area contributed by atoms with E-state index in [0.29, 0.717) is 54.5 Å². The third-order valence-electron chi connectivity index (χ3n) is 9.49. The summed E-state index contributed by atoms with van der Waals surface area (Å²) in [5.74, 6) is -0.240. The lowest BCUT2D eigenvalue weighted by Crippen LogP contribution is -2.14. The highest BCUT2D eigenvalue weighted by molar-refractivity contribution is 6.35. The highest BCUT2D eigenvalue weighted by Gasteiger charge is 2.27. The minimum Gasteiger partial charge on any atom is -0.493 e. The summed E-state index contributed by atoms with van der Waals surface area (Å²) in [4.78, 5) is 13.3. The van der Waals surface area contributed by atoms with Crippen molar-refractivity contribution in [1.29, 1.82) is 0 Å². The summed E-state index contributed by atoms with van der Waals surface area (Å²) in [6, 6.07) is 15.0. The maximum absolute atomic E-state index is 15.2. The second-order valence-electron chi connectivity index (χ2n) is 12.5. The molecule has 7 rings (SSSR count). The molecule has 0 radical (unpaired) electrons. The van der Waals surface area contributed by atoms with E-state index in [-0.39, 0.29) is 5.82 Å². The molecule has 3 aromatic carbocycles. The van der Waals surface area contributed by atoms with Gasteiger partial charge in [0.25, 0.3) is 0 Å². The lowest BCUT2D eigenvalue weighted by Gasteiger charge is -2.15. The summed E-state index contributed by atoms with van der Waals surface area (Å²) >= 11 is 7.02. The monoisotopic (exact) mass is 668 g/mol. The minimum atomic E-state index is -0.429. The van der Waals surface area contributed by atoms with Crippen LogP contribution in [0.25, 0.3) is 32.8 Å². The van der Waals surface area contributed by atoms with Crippen LogP contribution < -0.4 is 10.1 Å². The van der Waals surface area contributed by atoms with Crippen LogP contribution in [0.1, 0.15) is 50.8 Å². The van der Waals surface area contributed by atoms with Gasteiger partial charge in [-0.2, -0.15) is 10.2 Å². The Labute approximate surface area is 283 Å². The molecule has 1 N–H and O–H groups in total. The van der Waals surface area contributed by atoms with Crippen molar-refractivity contribution in [3.63, 3.8) is 0 Å². The van der Waals surface area contributed by atoms with E-state index in [1.165, 1.54) is 13.2 Å². The summed E-state index contributed by atoms with van der Waals surface area (Å²) in [7, 11) is 5.28. The van der Waals surface area contributed by atoms with Crippen LogP contribution in [-0.2, 0) is 51.3 Å². The van der Waals surface area contributed by atoms with Crippen LogP contribution in [0.5, 0.6) is 5.75 Å². The summed E-state index contributed by atoms with van der Waals surface area (Å²) in [5.41, 5.74) is 8.76. The molecule has 0 saturated carbocycles. The van der Waals surface area contributed by atoms with Gasteiger partial charge in [0.2, 0.25) is 0 Å². The van der Waals surface area contributed by atoms with Gasteiger partial charge < -0.3 is 19.4 Å². The standard InChI is InChI=1S/C37H38ClFN6O3/c1-21-32-30-13-12-27(38)35(32)33-22(2)43(3)42-29(33)20-40-19-25-18-26(44(4)41-25)11-10-23-16-24-8-6-9-28(39)34(24)31(17-23)48-15-7-14-45(30)36(21)37(46)47-5/h6,8-9,12-13,16-18,40H,7,10-11,14-15,19-20H2,1-5H3. The Kier molecular flexibility index (Phi) is 8.47. The van der Waals surface area contributed by atoms with E-state index in [0.717, 1.165) is 74.2 Å². The normalized spacial score (nSPS) is 14.1. The fourth-order valence-corrected chi connectivity index (χ4v) is 7.37. The average molecular weight is 669 g/mol. The van der Waals surface area contributed by atoms with Crippen LogP contribution in [-0.4, -0.2) is 43.8 Å². The van der Waals surface area contributed by atoms with E-state index in [1.54, 1.807) is 6.07 Å². The Bertz CT molecular complexity index is 2210. The molecule has 3 aromatic heterocycles. The van der Waals surface area contributed by atoms with Gasteiger partial charge >= 0.3 is 5.97 Å². The Morgan fingerprint density at radius 2 is 1.83 bits per heavy atom. The topological polar surface area (TPSA) is 88.1 Å². The lowest BCUT2D eigenvalue weighted by molar-refractivity contribution is 0.0587. The molecule has 0 atom stereocenters. The molecule has 0 aliphatic carbocycles. The summed E-state index contributed by atoms with van der Waals surface area (Å²) < 4.78 is 32.5. The Morgan fingerprint density at radius 3 is 2.65 bits per heavy atom. The van der Waals surface area contributed by atoms with E-state index in [9.17, 15) is 4.79 Å². The predicted octanol–water partition coefficient (Wildman–Crippen LogP) is 6.98. The average Bonchev–Trinajstić information content (AvgIpc) is 3.66. The van der Waals surface area contributed by atoms with Gasteiger partial charge in [0.1, 0.15) is 17.3 Å². The fraction of sp³-hybridized carbons (Fsp3) is 0.324. The molecule has 11 heteroatoms.